The van der Waals surface area contributed by atoms with Crippen LogP contribution in [0.3, 0.4) is 0 Å². The van der Waals surface area contributed by atoms with Gasteiger partial charge in [-0.3, -0.25) is 0 Å². The van der Waals surface area contributed by atoms with Crippen LogP contribution in [-0.2, 0) is 4.74 Å². The molecule has 0 aliphatic heterocycles. The number of hydrogen-bond acceptors (Lipinski definition) is 2. The van der Waals surface area contributed by atoms with Crippen LogP contribution in [0, 0.1) is 0 Å². The number of ether oxygens (including phenoxy) is 1. The summed E-state index contributed by atoms with van der Waals surface area (Å²) in [5, 5.41) is 9.91. The first-order valence-corrected chi connectivity index (χ1v) is 11.0. The molecule has 0 spiro atoms. The van der Waals surface area contributed by atoms with Gasteiger partial charge in [-0.1, -0.05) is 85.7 Å². The van der Waals surface area contributed by atoms with Crippen molar-refractivity contribution in [2.45, 2.75) is 90.1 Å². The molecular formula is C21H39BrO2. The highest BCUT2D eigenvalue weighted by molar-refractivity contribution is 9.09. The van der Waals surface area contributed by atoms with Gasteiger partial charge < -0.3 is 9.84 Å². The Labute approximate surface area is 158 Å². The first-order valence-electron chi connectivity index (χ1n) is 9.93. The highest BCUT2D eigenvalue weighted by Gasteiger charge is 2.00. The quantitative estimate of drug-likeness (QED) is 0.159. The van der Waals surface area contributed by atoms with Crippen molar-refractivity contribution in [1.82, 2.24) is 0 Å². The monoisotopic (exact) mass is 402 g/mol. The molecule has 1 unspecified atom stereocenters. The van der Waals surface area contributed by atoms with Gasteiger partial charge >= 0.3 is 0 Å². The highest BCUT2D eigenvalue weighted by Crippen LogP contribution is 2.08. The molecule has 0 radical (unpaired) electrons. The first kappa shape index (κ1) is 23.9. The molecule has 24 heavy (non-hydrogen) atoms. The maximum absolute atomic E-state index is 9.31. The Balaban J connectivity index is 3.15. The van der Waals surface area contributed by atoms with E-state index in [1.54, 1.807) is 0 Å². The van der Waals surface area contributed by atoms with Crippen LogP contribution in [0.2, 0.25) is 0 Å². The number of rotatable bonds is 18. The summed E-state index contributed by atoms with van der Waals surface area (Å²) in [7, 11) is 0. The molecule has 142 valence electrons. The molecule has 0 fully saturated rings. The van der Waals surface area contributed by atoms with E-state index in [1.807, 2.05) is 0 Å². The van der Waals surface area contributed by atoms with Crippen molar-refractivity contribution in [3.63, 3.8) is 0 Å². The van der Waals surface area contributed by atoms with Crippen LogP contribution in [-0.4, -0.2) is 29.8 Å². The summed E-state index contributed by atoms with van der Waals surface area (Å²) >= 11 is 3.23. The van der Waals surface area contributed by atoms with Gasteiger partial charge in [-0.15, -0.1) is 0 Å². The van der Waals surface area contributed by atoms with Crippen molar-refractivity contribution in [2.75, 3.05) is 18.5 Å². The first-order chi connectivity index (χ1) is 11.8. The lowest BCUT2D eigenvalue weighted by Gasteiger charge is -2.07. The summed E-state index contributed by atoms with van der Waals surface area (Å²) in [4.78, 5) is 0. The molecule has 0 aromatic heterocycles. The molecule has 2 nitrogen and oxygen atoms in total. The second-order valence-corrected chi connectivity index (χ2v) is 7.11. The van der Waals surface area contributed by atoms with E-state index in [4.69, 9.17) is 4.74 Å². The Bertz CT molecular complexity index is 290. The molecule has 1 atom stereocenters. The van der Waals surface area contributed by atoms with Gasteiger partial charge in [-0.2, -0.15) is 0 Å². The molecule has 0 aliphatic carbocycles. The van der Waals surface area contributed by atoms with E-state index in [0.29, 0.717) is 11.9 Å². The summed E-state index contributed by atoms with van der Waals surface area (Å²) in [5.41, 5.74) is 0. The second kappa shape index (κ2) is 20.9. The van der Waals surface area contributed by atoms with Crippen LogP contribution in [0.1, 0.15) is 84.0 Å². The van der Waals surface area contributed by atoms with Crippen LogP contribution >= 0.6 is 15.9 Å². The largest absolute Gasteiger partial charge is 0.390 e. The van der Waals surface area contributed by atoms with E-state index in [9.17, 15) is 5.11 Å². The van der Waals surface area contributed by atoms with E-state index in [0.717, 1.165) is 19.4 Å². The normalized spacial score (nSPS) is 13.3. The van der Waals surface area contributed by atoms with Crippen molar-refractivity contribution in [3.05, 3.63) is 24.3 Å². The molecular weight excluding hydrogens is 364 g/mol. The van der Waals surface area contributed by atoms with E-state index in [1.165, 1.54) is 64.2 Å². The lowest BCUT2D eigenvalue weighted by molar-refractivity contribution is 0.0473. The Morgan fingerprint density at radius 2 is 1.42 bits per heavy atom. The molecule has 0 rings (SSSR count). The fraction of sp³-hybridized carbons (Fsp3) is 0.810. The zero-order valence-corrected chi connectivity index (χ0v) is 17.3. The molecule has 0 aromatic rings. The molecule has 0 heterocycles. The minimum Gasteiger partial charge on any atom is -0.390 e. The number of hydrogen-bond donors (Lipinski definition) is 1. The number of aliphatic hydroxyl groups is 1. The van der Waals surface area contributed by atoms with Gasteiger partial charge in [0.05, 0.1) is 12.7 Å². The topological polar surface area (TPSA) is 29.5 Å². The van der Waals surface area contributed by atoms with Gasteiger partial charge in [0, 0.05) is 11.9 Å². The van der Waals surface area contributed by atoms with Crippen molar-refractivity contribution in [2.24, 2.45) is 0 Å². The lowest BCUT2D eigenvalue weighted by atomic mass is 10.1. The third kappa shape index (κ3) is 19.9. The number of allylic oxidation sites excluding steroid dienone is 4. The zero-order chi connectivity index (χ0) is 17.7. The average Bonchev–Trinajstić information content (AvgIpc) is 2.60. The summed E-state index contributed by atoms with van der Waals surface area (Å²) < 4.78 is 5.41. The van der Waals surface area contributed by atoms with Crippen molar-refractivity contribution in [1.29, 1.82) is 0 Å². The average molecular weight is 403 g/mol. The standard InChI is InChI=1S/C21H39BrO2/c1-2-3-4-5-6-7-8-9-10-11-12-13-14-15-16-17-18-24-20-21(23)19-22/h6-7,9-10,21,23H,2-5,8,11-20H2,1H3. The second-order valence-electron chi connectivity index (χ2n) is 6.47. The van der Waals surface area contributed by atoms with Crippen LogP contribution in [0.4, 0.5) is 0 Å². The van der Waals surface area contributed by atoms with Gasteiger partial charge in [-0.05, 0) is 38.5 Å². The third-order valence-electron chi connectivity index (χ3n) is 3.98. The molecule has 0 saturated heterocycles. The Morgan fingerprint density at radius 3 is 2.04 bits per heavy atom. The fourth-order valence-corrected chi connectivity index (χ4v) is 2.64. The number of unbranched alkanes of at least 4 members (excludes halogenated alkanes) is 9. The minimum atomic E-state index is -0.366. The van der Waals surface area contributed by atoms with Gasteiger partial charge in [0.1, 0.15) is 0 Å². The smallest absolute Gasteiger partial charge is 0.0870 e. The van der Waals surface area contributed by atoms with E-state index < -0.39 is 0 Å². The van der Waals surface area contributed by atoms with Gasteiger partial charge in [0.15, 0.2) is 0 Å². The number of alkyl halides is 1. The summed E-state index contributed by atoms with van der Waals surface area (Å²) in [5.74, 6) is 0. The Morgan fingerprint density at radius 1 is 0.833 bits per heavy atom. The van der Waals surface area contributed by atoms with Crippen LogP contribution in [0.15, 0.2) is 24.3 Å². The number of halogens is 1. The Hall–Kier alpha value is -0.120. The third-order valence-corrected chi connectivity index (χ3v) is 4.73. The molecule has 0 saturated carbocycles. The van der Waals surface area contributed by atoms with Crippen molar-refractivity contribution >= 4 is 15.9 Å². The summed E-state index contributed by atoms with van der Waals surface area (Å²) in [6.45, 7) is 3.48. The Kier molecular flexibility index (Phi) is 20.8. The molecule has 0 aromatic carbocycles. The van der Waals surface area contributed by atoms with Gasteiger partial charge in [-0.25, -0.2) is 0 Å². The maximum Gasteiger partial charge on any atom is 0.0870 e. The summed E-state index contributed by atoms with van der Waals surface area (Å²) in [6, 6.07) is 0. The molecule has 3 heteroatoms. The number of aliphatic hydroxyl groups excluding tert-OH is 1. The lowest BCUT2D eigenvalue weighted by Crippen LogP contribution is -2.16. The highest BCUT2D eigenvalue weighted by atomic mass is 79.9. The van der Waals surface area contributed by atoms with Gasteiger partial charge in [0.25, 0.3) is 0 Å². The van der Waals surface area contributed by atoms with Crippen LogP contribution in [0.5, 0.6) is 0 Å². The SMILES string of the molecule is CCCCCC=CCC=CCCCCCCCCOCC(O)CBr. The molecule has 0 aliphatic rings. The predicted octanol–water partition coefficient (Wildman–Crippen LogP) is 6.57. The minimum absolute atomic E-state index is 0.366. The molecule has 0 bridgehead atoms. The van der Waals surface area contributed by atoms with Crippen molar-refractivity contribution in [3.8, 4) is 0 Å². The summed E-state index contributed by atoms with van der Waals surface area (Å²) in [6.07, 6.45) is 24.1. The molecule has 0 amide bonds. The van der Waals surface area contributed by atoms with Crippen LogP contribution in [0.25, 0.3) is 0 Å². The van der Waals surface area contributed by atoms with E-state index in [2.05, 4.69) is 47.2 Å². The maximum atomic E-state index is 9.31. The molecule has 1 N–H and O–H groups in total. The fourth-order valence-electron chi connectivity index (χ4n) is 2.46. The van der Waals surface area contributed by atoms with Gasteiger partial charge in [0.2, 0.25) is 0 Å². The van der Waals surface area contributed by atoms with Crippen molar-refractivity contribution < 1.29 is 9.84 Å². The van der Waals surface area contributed by atoms with E-state index in [-0.39, 0.29) is 6.10 Å². The van der Waals surface area contributed by atoms with Crippen LogP contribution < -0.4 is 0 Å². The zero-order valence-electron chi connectivity index (χ0n) is 15.7. The van der Waals surface area contributed by atoms with E-state index >= 15 is 0 Å². The predicted molar refractivity (Wildman–Crippen MR) is 110 cm³/mol.